The predicted octanol–water partition coefficient (Wildman–Crippen LogP) is 0.824. The third-order valence-corrected chi connectivity index (χ3v) is 4.45. The Kier molecular flexibility index (Phi) is 7.13. The minimum Gasteiger partial charge on any atom is -0.385 e. The number of ether oxygens (including phenoxy) is 1. The molecular weight excluding hydrogens is 214 g/mol. The van der Waals surface area contributed by atoms with E-state index in [1.165, 1.54) is 0 Å². The van der Waals surface area contributed by atoms with Gasteiger partial charge in [-0.15, -0.1) is 0 Å². The number of methoxy groups -OCH3 is 1. The molecule has 0 aliphatic rings. The highest BCUT2D eigenvalue weighted by Gasteiger charge is 2.19. The van der Waals surface area contributed by atoms with Gasteiger partial charge >= 0.3 is 0 Å². The van der Waals surface area contributed by atoms with E-state index in [0.717, 1.165) is 0 Å². The lowest BCUT2D eigenvalue weighted by Crippen LogP contribution is -2.36. The van der Waals surface area contributed by atoms with Crippen molar-refractivity contribution in [3.8, 4) is 0 Å². The molecule has 0 spiro atoms. The van der Waals surface area contributed by atoms with E-state index in [0.29, 0.717) is 25.6 Å². The van der Waals surface area contributed by atoms with Crippen LogP contribution in [0.3, 0.4) is 0 Å². The van der Waals surface area contributed by atoms with E-state index in [1.54, 1.807) is 14.0 Å². The quantitative estimate of drug-likeness (QED) is 0.635. The van der Waals surface area contributed by atoms with Gasteiger partial charge in [-0.3, -0.25) is 0 Å². The van der Waals surface area contributed by atoms with Crippen molar-refractivity contribution in [1.82, 2.24) is 5.32 Å². The molecule has 0 aromatic heterocycles. The molecule has 0 amide bonds. The van der Waals surface area contributed by atoms with Crippen LogP contribution in [0.25, 0.3) is 0 Å². The number of hydrogen-bond acceptors (Lipinski definition) is 4. The van der Waals surface area contributed by atoms with Gasteiger partial charge in [0.1, 0.15) is 0 Å². The highest BCUT2D eigenvalue weighted by Crippen LogP contribution is 2.03. The van der Waals surface area contributed by atoms with Crippen LogP contribution in [0.1, 0.15) is 27.2 Å². The minimum absolute atomic E-state index is 0.210. The number of sulfone groups is 1. The van der Waals surface area contributed by atoms with E-state index in [9.17, 15) is 8.42 Å². The van der Waals surface area contributed by atoms with E-state index >= 15 is 0 Å². The van der Waals surface area contributed by atoms with Gasteiger partial charge in [0.15, 0.2) is 9.84 Å². The summed E-state index contributed by atoms with van der Waals surface area (Å²) in [4.78, 5) is 0. The molecule has 0 rings (SSSR count). The maximum atomic E-state index is 11.7. The topological polar surface area (TPSA) is 55.4 Å². The fraction of sp³-hybridized carbons (Fsp3) is 1.00. The van der Waals surface area contributed by atoms with Gasteiger partial charge in [0.25, 0.3) is 0 Å². The Morgan fingerprint density at radius 2 is 1.87 bits per heavy atom. The van der Waals surface area contributed by atoms with Gasteiger partial charge in [-0.25, -0.2) is 8.42 Å². The molecule has 0 aliphatic heterocycles. The Morgan fingerprint density at radius 1 is 1.27 bits per heavy atom. The first-order chi connectivity index (χ1) is 6.90. The van der Waals surface area contributed by atoms with E-state index in [2.05, 4.69) is 5.32 Å². The summed E-state index contributed by atoms with van der Waals surface area (Å²) in [7, 11) is -1.39. The second-order valence-electron chi connectivity index (χ2n) is 4.09. The molecule has 0 fully saturated rings. The molecule has 0 aromatic carbocycles. The average molecular weight is 237 g/mol. The van der Waals surface area contributed by atoms with Crippen LogP contribution in [0.4, 0.5) is 0 Å². The molecule has 0 saturated carbocycles. The van der Waals surface area contributed by atoms with Gasteiger partial charge in [0.2, 0.25) is 0 Å². The molecule has 4 nitrogen and oxygen atoms in total. The third kappa shape index (κ3) is 6.87. The number of hydrogen-bond donors (Lipinski definition) is 1. The van der Waals surface area contributed by atoms with Crippen molar-refractivity contribution in [1.29, 1.82) is 0 Å². The highest BCUT2D eigenvalue weighted by atomic mass is 32.2. The van der Waals surface area contributed by atoms with Gasteiger partial charge in [0.05, 0.1) is 11.0 Å². The van der Waals surface area contributed by atoms with Gasteiger partial charge in [-0.2, -0.15) is 0 Å². The minimum atomic E-state index is -2.97. The predicted molar refractivity (Wildman–Crippen MR) is 62.9 cm³/mol. The fourth-order valence-electron chi connectivity index (χ4n) is 1.13. The van der Waals surface area contributed by atoms with Crippen LogP contribution in [0.15, 0.2) is 0 Å². The molecule has 0 radical (unpaired) electrons. The van der Waals surface area contributed by atoms with Crippen LogP contribution >= 0.6 is 0 Å². The first kappa shape index (κ1) is 14.9. The van der Waals surface area contributed by atoms with Crippen molar-refractivity contribution in [3.63, 3.8) is 0 Å². The summed E-state index contributed by atoms with van der Waals surface area (Å²) in [6, 6.07) is 0.321. The third-order valence-electron chi connectivity index (χ3n) is 2.20. The lowest BCUT2D eigenvalue weighted by Gasteiger charge is -2.15. The summed E-state index contributed by atoms with van der Waals surface area (Å²) in [5.41, 5.74) is 0. The smallest absolute Gasteiger partial charge is 0.154 e. The van der Waals surface area contributed by atoms with E-state index in [4.69, 9.17) is 4.74 Å². The van der Waals surface area contributed by atoms with Crippen molar-refractivity contribution in [3.05, 3.63) is 0 Å². The SMILES string of the molecule is COCCCS(=O)(=O)C(C)CNC(C)C. The van der Waals surface area contributed by atoms with Crippen molar-refractivity contribution < 1.29 is 13.2 Å². The summed E-state index contributed by atoms with van der Waals surface area (Å²) in [6.07, 6.45) is 0.574. The lowest BCUT2D eigenvalue weighted by molar-refractivity contribution is 0.199. The zero-order valence-electron chi connectivity index (χ0n) is 10.1. The molecule has 5 heteroatoms. The first-order valence-corrected chi connectivity index (χ1v) is 7.05. The first-order valence-electron chi connectivity index (χ1n) is 5.34. The van der Waals surface area contributed by atoms with Gasteiger partial charge in [-0.05, 0) is 13.3 Å². The van der Waals surface area contributed by atoms with Crippen LogP contribution in [-0.2, 0) is 14.6 Å². The van der Waals surface area contributed by atoms with Gasteiger partial charge in [0, 0.05) is 26.3 Å². The summed E-state index contributed by atoms with van der Waals surface area (Å²) in [5.74, 6) is 0.210. The monoisotopic (exact) mass is 237 g/mol. The molecule has 15 heavy (non-hydrogen) atoms. The molecular formula is C10H23NO3S. The van der Waals surface area contributed by atoms with Crippen LogP contribution < -0.4 is 5.32 Å². The van der Waals surface area contributed by atoms with Crippen LogP contribution in [0.2, 0.25) is 0 Å². The maximum Gasteiger partial charge on any atom is 0.154 e. The second kappa shape index (κ2) is 7.19. The molecule has 1 N–H and O–H groups in total. The Morgan fingerprint density at radius 3 is 2.33 bits per heavy atom. The summed E-state index contributed by atoms with van der Waals surface area (Å²) in [5, 5.41) is 2.81. The van der Waals surface area contributed by atoms with Gasteiger partial charge in [-0.1, -0.05) is 13.8 Å². The largest absolute Gasteiger partial charge is 0.385 e. The van der Waals surface area contributed by atoms with Crippen LogP contribution in [0.5, 0.6) is 0 Å². The van der Waals surface area contributed by atoms with E-state index in [1.807, 2.05) is 13.8 Å². The summed E-state index contributed by atoms with van der Waals surface area (Å²) < 4.78 is 28.3. The molecule has 92 valence electrons. The van der Waals surface area contributed by atoms with Crippen molar-refractivity contribution in [2.45, 2.75) is 38.5 Å². The highest BCUT2D eigenvalue weighted by molar-refractivity contribution is 7.92. The van der Waals surface area contributed by atoms with E-state index in [-0.39, 0.29) is 11.0 Å². The summed E-state index contributed by atoms with van der Waals surface area (Å²) >= 11 is 0. The number of nitrogens with one attached hydrogen (secondary N) is 1. The molecule has 0 saturated heterocycles. The van der Waals surface area contributed by atoms with Crippen molar-refractivity contribution in [2.75, 3.05) is 26.0 Å². The second-order valence-corrected chi connectivity index (χ2v) is 6.63. The Hall–Kier alpha value is -0.130. The summed E-state index contributed by atoms with van der Waals surface area (Å²) in [6.45, 7) is 6.78. The van der Waals surface area contributed by atoms with Crippen LogP contribution in [0, 0.1) is 0 Å². The maximum absolute atomic E-state index is 11.7. The normalized spacial score (nSPS) is 14.5. The fourth-order valence-corrected chi connectivity index (χ4v) is 2.41. The van der Waals surface area contributed by atoms with Crippen LogP contribution in [-0.4, -0.2) is 45.7 Å². The Bertz CT molecular complexity index is 249. The molecule has 0 aromatic rings. The lowest BCUT2D eigenvalue weighted by atomic mass is 10.3. The Labute approximate surface area is 93.3 Å². The standard InChI is InChI=1S/C10H23NO3S/c1-9(2)11-8-10(3)15(12,13)7-5-6-14-4/h9-11H,5-8H2,1-4H3. The molecule has 0 aliphatic carbocycles. The number of rotatable bonds is 8. The molecule has 0 heterocycles. The van der Waals surface area contributed by atoms with Gasteiger partial charge < -0.3 is 10.1 Å². The molecule has 1 atom stereocenters. The molecule has 1 unspecified atom stereocenters. The average Bonchev–Trinajstić information content (AvgIpc) is 2.14. The van der Waals surface area contributed by atoms with E-state index < -0.39 is 9.84 Å². The zero-order valence-corrected chi connectivity index (χ0v) is 10.9. The zero-order chi connectivity index (χ0) is 11.9. The Balaban J connectivity index is 3.97. The van der Waals surface area contributed by atoms with Crippen molar-refractivity contribution >= 4 is 9.84 Å². The molecule has 0 bridgehead atoms. The van der Waals surface area contributed by atoms with Crippen molar-refractivity contribution in [2.24, 2.45) is 0 Å².